The summed E-state index contributed by atoms with van der Waals surface area (Å²) in [5, 5.41) is 11.8. The number of fused-ring (bicyclic) bond motifs is 3. The maximum atomic E-state index is 12.9. The summed E-state index contributed by atoms with van der Waals surface area (Å²) >= 11 is 0. The van der Waals surface area contributed by atoms with Gasteiger partial charge in [0, 0.05) is 12.5 Å². The van der Waals surface area contributed by atoms with Gasteiger partial charge in [-0.15, -0.1) is 0 Å². The maximum Gasteiger partial charge on any atom is 0.407 e. The van der Waals surface area contributed by atoms with Crippen LogP contribution in [0.25, 0.3) is 11.1 Å². The van der Waals surface area contributed by atoms with Gasteiger partial charge >= 0.3 is 12.1 Å². The van der Waals surface area contributed by atoms with Crippen molar-refractivity contribution in [2.24, 2.45) is 5.92 Å². The van der Waals surface area contributed by atoms with E-state index in [1.165, 1.54) is 4.90 Å². The smallest absolute Gasteiger partial charge is 0.407 e. The molecule has 0 heterocycles. The average Bonchev–Trinajstić information content (AvgIpc) is 3.08. The van der Waals surface area contributed by atoms with E-state index in [2.05, 4.69) is 17.4 Å². The number of alkyl carbamates (subject to hydrolysis) is 1. The van der Waals surface area contributed by atoms with E-state index in [0.717, 1.165) is 22.3 Å². The number of ether oxygens (including phenoxy) is 1. The fourth-order valence-corrected chi connectivity index (χ4v) is 4.18. The van der Waals surface area contributed by atoms with E-state index in [4.69, 9.17) is 9.84 Å². The first-order valence-electron chi connectivity index (χ1n) is 11.0. The number of nitrogens with one attached hydrogen (secondary N) is 1. The molecule has 0 bridgehead atoms. The first kappa shape index (κ1) is 23.3. The van der Waals surface area contributed by atoms with Gasteiger partial charge in [0.2, 0.25) is 5.91 Å². The van der Waals surface area contributed by atoms with Crippen molar-refractivity contribution in [3.05, 3.63) is 59.7 Å². The predicted molar refractivity (Wildman–Crippen MR) is 121 cm³/mol. The minimum atomic E-state index is -1.09. The number of benzene rings is 2. The lowest BCUT2D eigenvalue weighted by Crippen LogP contribution is -2.52. The van der Waals surface area contributed by atoms with Gasteiger partial charge in [0.05, 0.1) is 0 Å². The van der Waals surface area contributed by atoms with E-state index in [-0.39, 0.29) is 18.4 Å². The Morgan fingerprint density at radius 1 is 1.03 bits per heavy atom. The third-order valence-corrected chi connectivity index (χ3v) is 5.68. The fourth-order valence-electron chi connectivity index (χ4n) is 4.18. The van der Waals surface area contributed by atoms with E-state index < -0.39 is 30.6 Å². The van der Waals surface area contributed by atoms with Crippen LogP contribution in [-0.4, -0.2) is 53.7 Å². The van der Waals surface area contributed by atoms with Crippen LogP contribution in [0.3, 0.4) is 0 Å². The highest BCUT2D eigenvalue weighted by molar-refractivity contribution is 5.88. The zero-order valence-corrected chi connectivity index (χ0v) is 18.7. The van der Waals surface area contributed by atoms with Gasteiger partial charge in [0.15, 0.2) is 0 Å². The van der Waals surface area contributed by atoms with E-state index >= 15 is 0 Å². The molecule has 170 valence electrons. The zero-order chi connectivity index (χ0) is 23.3. The lowest BCUT2D eigenvalue weighted by Gasteiger charge is -2.28. The number of carbonyl (C=O) groups excluding carboxylic acids is 2. The van der Waals surface area contributed by atoms with Crippen LogP contribution in [0.15, 0.2) is 48.5 Å². The maximum absolute atomic E-state index is 12.9. The third kappa shape index (κ3) is 5.10. The number of hydrogen-bond donors (Lipinski definition) is 2. The molecular weight excluding hydrogens is 408 g/mol. The summed E-state index contributed by atoms with van der Waals surface area (Å²) < 4.78 is 5.55. The molecule has 32 heavy (non-hydrogen) atoms. The molecular formula is C25H30N2O5. The number of nitrogens with zero attached hydrogens (tertiary/aromatic N) is 1. The third-order valence-electron chi connectivity index (χ3n) is 5.68. The van der Waals surface area contributed by atoms with Crippen molar-refractivity contribution in [1.82, 2.24) is 10.2 Å². The van der Waals surface area contributed by atoms with Crippen molar-refractivity contribution in [2.75, 3.05) is 19.7 Å². The average molecular weight is 439 g/mol. The summed E-state index contributed by atoms with van der Waals surface area (Å²) in [5.41, 5.74) is 4.48. The van der Waals surface area contributed by atoms with Crippen molar-refractivity contribution in [3.8, 4) is 11.1 Å². The zero-order valence-electron chi connectivity index (χ0n) is 18.7. The fraction of sp³-hybridized carbons (Fsp3) is 0.400. The second-order valence-corrected chi connectivity index (χ2v) is 8.35. The second kappa shape index (κ2) is 10.3. The van der Waals surface area contributed by atoms with Crippen molar-refractivity contribution >= 4 is 18.0 Å². The highest BCUT2D eigenvalue weighted by Crippen LogP contribution is 2.44. The Bertz CT molecular complexity index is 942. The van der Waals surface area contributed by atoms with Crippen molar-refractivity contribution in [1.29, 1.82) is 0 Å². The van der Waals surface area contributed by atoms with Gasteiger partial charge < -0.3 is 20.1 Å². The number of amides is 2. The number of carboxylic acids is 1. The first-order valence-corrected chi connectivity index (χ1v) is 11.0. The molecule has 1 atom stereocenters. The molecule has 7 nitrogen and oxygen atoms in total. The molecule has 0 radical (unpaired) electrons. The highest BCUT2D eigenvalue weighted by Gasteiger charge is 2.32. The SMILES string of the molecule is CCCN(CC(=O)O)C(=O)C(NC(=O)OCC1c2ccccc2-c2ccccc21)C(C)C. The molecule has 0 spiro atoms. The Labute approximate surface area is 188 Å². The Morgan fingerprint density at radius 3 is 2.09 bits per heavy atom. The van der Waals surface area contributed by atoms with Crippen LogP contribution in [-0.2, 0) is 14.3 Å². The van der Waals surface area contributed by atoms with Crippen LogP contribution >= 0.6 is 0 Å². The van der Waals surface area contributed by atoms with Gasteiger partial charge in [-0.25, -0.2) is 4.79 Å². The molecule has 0 aromatic heterocycles. The molecule has 2 aromatic carbocycles. The highest BCUT2D eigenvalue weighted by atomic mass is 16.5. The molecule has 2 N–H and O–H groups in total. The largest absolute Gasteiger partial charge is 0.480 e. The summed E-state index contributed by atoms with van der Waals surface area (Å²) in [6, 6.07) is 15.3. The summed E-state index contributed by atoms with van der Waals surface area (Å²) in [6.45, 7) is 5.52. The Hall–Kier alpha value is -3.35. The lowest BCUT2D eigenvalue weighted by molar-refractivity contribution is -0.145. The van der Waals surface area contributed by atoms with Crippen LogP contribution < -0.4 is 5.32 Å². The molecule has 0 saturated heterocycles. The van der Waals surface area contributed by atoms with Gasteiger partial charge in [0.25, 0.3) is 0 Å². The summed E-state index contributed by atoms with van der Waals surface area (Å²) in [6.07, 6.45) is -0.0694. The molecule has 0 aliphatic heterocycles. The van der Waals surface area contributed by atoms with Gasteiger partial charge in [-0.2, -0.15) is 0 Å². The van der Waals surface area contributed by atoms with E-state index in [0.29, 0.717) is 13.0 Å². The molecule has 0 fully saturated rings. The number of rotatable bonds is 9. The summed E-state index contributed by atoms with van der Waals surface area (Å²) in [4.78, 5) is 38.0. The summed E-state index contributed by atoms with van der Waals surface area (Å²) in [7, 11) is 0. The molecule has 3 rings (SSSR count). The molecule has 2 amide bonds. The normalized spacial score (nSPS) is 13.2. The minimum Gasteiger partial charge on any atom is -0.480 e. The molecule has 1 aliphatic rings. The first-order chi connectivity index (χ1) is 15.3. The molecule has 7 heteroatoms. The van der Waals surface area contributed by atoms with Crippen molar-refractivity contribution < 1.29 is 24.2 Å². The Morgan fingerprint density at radius 2 is 1.59 bits per heavy atom. The number of carboxylic acid groups (broad SMARTS) is 1. The van der Waals surface area contributed by atoms with Gasteiger partial charge in [-0.3, -0.25) is 9.59 Å². The second-order valence-electron chi connectivity index (χ2n) is 8.35. The van der Waals surface area contributed by atoms with Gasteiger partial charge in [-0.05, 0) is 34.6 Å². The Kier molecular flexibility index (Phi) is 7.51. The summed E-state index contributed by atoms with van der Waals surface area (Å²) in [5.74, 6) is -1.81. The quantitative estimate of drug-likeness (QED) is 0.620. The predicted octanol–water partition coefficient (Wildman–Crippen LogP) is 3.87. The van der Waals surface area contributed by atoms with Crippen LogP contribution in [0.5, 0.6) is 0 Å². The van der Waals surface area contributed by atoms with Crippen LogP contribution in [0, 0.1) is 5.92 Å². The molecule has 1 unspecified atom stereocenters. The standard InChI is InChI=1S/C25H30N2O5/c1-4-13-27(14-22(28)29)24(30)23(16(2)3)26-25(31)32-15-21-19-11-7-5-9-17(19)18-10-6-8-12-20(18)21/h5-12,16,21,23H,4,13-15H2,1-3H3,(H,26,31)(H,28,29). The van der Waals surface area contributed by atoms with Crippen LogP contribution in [0.4, 0.5) is 4.79 Å². The van der Waals surface area contributed by atoms with Crippen LogP contribution in [0.2, 0.25) is 0 Å². The topological polar surface area (TPSA) is 95.9 Å². The lowest BCUT2D eigenvalue weighted by atomic mass is 9.98. The minimum absolute atomic E-state index is 0.0787. The molecule has 0 saturated carbocycles. The molecule has 2 aromatic rings. The number of hydrogen-bond acceptors (Lipinski definition) is 4. The monoisotopic (exact) mass is 438 g/mol. The Balaban J connectivity index is 1.69. The van der Waals surface area contributed by atoms with Crippen molar-refractivity contribution in [3.63, 3.8) is 0 Å². The number of aliphatic carboxylic acids is 1. The van der Waals surface area contributed by atoms with Gasteiger partial charge in [-0.1, -0.05) is 69.3 Å². The van der Waals surface area contributed by atoms with E-state index in [1.54, 1.807) is 13.8 Å². The molecule has 1 aliphatic carbocycles. The van der Waals surface area contributed by atoms with Crippen molar-refractivity contribution in [2.45, 2.75) is 39.2 Å². The van der Waals surface area contributed by atoms with E-state index in [9.17, 15) is 14.4 Å². The van der Waals surface area contributed by atoms with E-state index in [1.807, 2.05) is 43.3 Å². The van der Waals surface area contributed by atoms with Crippen LogP contribution in [0.1, 0.15) is 44.2 Å². The van der Waals surface area contributed by atoms with Gasteiger partial charge in [0.1, 0.15) is 19.2 Å². The number of carbonyl (C=O) groups is 3.